The molecular weight excluding hydrogens is 218 g/mol. The van der Waals surface area contributed by atoms with Gasteiger partial charge in [0, 0.05) is 18.7 Å². The van der Waals surface area contributed by atoms with Gasteiger partial charge in [-0.2, -0.15) is 0 Å². The Balaban J connectivity index is 2.52. The summed E-state index contributed by atoms with van der Waals surface area (Å²) in [6.45, 7) is 2.11. The molecule has 2 nitrogen and oxygen atoms in total. The molecule has 0 aliphatic rings. The fourth-order valence-electron chi connectivity index (χ4n) is 1.90. The smallest absolute Gasteiger partial charge is 0.144 e. The number of hydrogen-bond acceptors (Lipinski definition) is 3. The second-order valence-corrected chi connectivity index (χ2v) is 4.41. The van der Waals surface area contributed by atoms with E-state index in [2.05, 4.69) is 24.0 Å². The first-order chi connectivity index (χ1) is 7.83. The number of aromatic nitrogens is 1. The lowest BCUT2D eigenvalue weighted by molar-refractivity contribution is 0.0184. The summed E-state index contributed by atoms with van der Waals surface area (Å²) in [6.07, 6.45) is 2.67. The van der Waals surface area contributed by atoms with Gasteiger partial charge in [-0.1, -0.05) is 25.1 Å². The number of rotatable bonds is 4. The molecule has 1 aromatic carbocycles. The molecule has 2 rings (SSSR count). The van der Waals surface area contributed by atoms with E-state index in [-0.39, 0.29) is 0 Å². The number of thiazole rings is 1. The third kappa shape index (κ3) is 1.77. The topological polar surface area (TPSA) is 22.1 Å². The van der Waals surface area contributed by atoms with E-state index in [1.165, 1.54) is 0 Å². The first kappa shape index (κ1) is 11.3. The normalized spacial score (nSPS) is 14.6. The monoisotopic (exact) mass is 232 g/mol. The van der Waals surface area contributed by atoms with Gasteiger partial charge in [0.1, 0.15) is 10.6 Å². The maximum absolute atomic E-state index is 5.75. The number of methoxy groups -OCH3 is 1. The van der Waals surface area contributed by atoms with Gasteiger partial charge >= 0.3 is 0 Å². The van der Waals surface area contributed by atoms with Crippen molar-refractivity contribution in [1.29, 1.82) is 0 Å². The van der Waals surface area contributed by atoms with Gasteiger partial charge in [-0.05, 0) is 24.1 Å². The van der Waals surface area contributed by atoms with Gasteiger partial charge in [0.15, 0.2) is 0 Å². The maximum Gasteiger partial charge on any atom is 0.144 e. The van der Waals surface area contributed by atoms with Crippen LogP contribution in [0.4, 0.5) is 0 Å². The van der Waals surface area contributed by atoms with Crippen molar-refractivity contribution in [2.24, 2.45) is 0 Å². The van der Waals surface area contributed by atoms with Crippen molar-refractivity contribution >= 4 is 11.3 Å². The molecule has 1 atom stereocenters. The van der Waals surface area contributed by atoms with Crippen LogP contribution >= 0.6 is 11.3 Å². The molecule has 0 bridgehead atoms. The van der Waals surface area contributed by atoms with Crippen molar-refractivity contribution in [3.63, 3.8) is 0 Å². The summed E-state index contributed by atoms with van der Waals surface area (Å²) in [5.41, 5.74) is 0.682. The molecule has 0 N–H and O–H groups in total. The molecule has 2 aromatic rings. The van der Waals surface area contributed by atoms with Crippen molar-refractivity contribution in [3.8, 4) is 0 Å². The number of ether oxygens (including phenoxy) is 1. The zero-order valence-electron chi connectivity index (χ0n) is 9.43. The van der Waals surface area contributed by atoms with Gasteiger partial charge in [0.25, 0.3) is 0 Å². The van der Waals surface area contributed by atoms with Crippen molar-refractivity contribution in [3.05, 3.63) is 52.5 Å². The molecule has 1 radical (unpaired) electrons. The van der Waals surface area contributed by atoms with E-state index in [1.54, 1.807) is 18.4 Å². The highest BCUT2D eigenvalue weighted by Crippen LogP contribution is 2.37. The average molecular weight is 232 g/mol. The van der Waals surface area contributed by atoms with Crippen LogP contribution in [0.2, 0.25) is 0 Å². The van der Waals surface area contributed by atoms with Gasteiger partial charge in [0.05, 0.1) is 0 Å². The first-order valence-corrected chi connectivity index (χ1v) is 6.13. The molecular formula is C13H14NOS. The predicted octanol–water partition coefficient (Wildman–Crippen LogP) is 3.24. The predicted molar refractivity (Wildman–Crippen MR) is 65.5 cm³/mol. The van der Waals surface area contributed by atoms with E-state index in [1.807, 2.05) is 29.8 Å². The van der Waals surface area contributed by atoms with Crippen LogP contribution in [0.3, 0.4) is 0 Å². The van der Waals surface area contributed by atoms with E-state index in [0.29, 0.717) is 0 Å². The number of nitrogens with zero attached hydrogens (tertiary/aromatic N) is 1. The summed E-state index contributed by atoms with van der Waals surface area (Å²) in [4.78, 5) is 4.39. The van der Waals surface area contributed by atoms with Gasteiger partial charge in [0.2, 0.25) is 0 Å². The fraction of sp³-hybridized carbons (Fsp3) is 0.308. The van der Waals surface area contributed by atoms with E-state index >= 15 is 0 Å². The van der Waals surface area contributed by atoms with Crippen LogP contribution in [-0.2, 0) is 10.3 Å². The number of hydrogen-bond donors (Lipinski definition) is 0. The molecule has 1 unspecified atom stereocenters. The second kappa shape index (κ2) is 4.76. The van der Waals surface area contributed by atoms with E-state index in [4.69, 9.17) is 4.74 Å². The quantitative estimate of drug-likeness (QED) is 0.807. The van der Waals surface area contributed by atoms with Crippen LogP contribution in [0.25, 0.3) is 0 Å². The minimum atomic E-state index is -0.425. The maximum atomic E-state index is 5.75. The van der Waals surface area contributed by atoms with Crippen LogP contribution in [0.5, 0.6) is 0 Å². The SMILES string of the molecule is CCC(OC)(c1c[c]ccc1)c1nccs1. The zero-order valence-corrected chi connectivity index (χ0v) is 10.3. The lowest BCUT2D eigenvalue weighted by Gasteiger charge is -2.29. The molecule has 0 aliphatic heterocycles. The van der Waals surface area contributed by atoms with Crippen molar-refractivity contribution in [2.75, 3.05) is 7.11 Å². The largest absolute Gasteiger partial charge is 0.366 e. The van der Waals surface area contributed by atoms with Gasteiger partial charge in [-0.15, -0.1) is 11.3 Å². The lowest BCUT2D eigenvalue weighted by Crippen LogP contribution is -2.28. The molecule has 0 spiro atoms. The summed E-state index contributed by atoms with van der Waals surface area (Å²) in [5.74, 6) is 0. The Morgan fingerprint density at radius 2 is 2.44 bits per heavy atom. The second-order valence-electron chi connectivity index (χ2n) is 3.51. The Kier molecular flexibility index (Phi) is 3.36. The Morgan fingerprint density at radius 3 is 2.94 bits per heavy atom. The van der Waals surface area contributed by atoms with Crippen molar-refractivity contribution in [1.82, 2.24) is 4.98 Å². The molecule has 0 saturated carbocycles. The standard InChI is InChI=1S/C13H14NOS/c1-3-13(15-2,12-14-9-10-16-12)11-7-5-4-6-8-11/h4-5,7-10H,3H2,1-2H3. The van der Waals surface area contributed by atoms with Crippen LogP contribution in [-0.4, -0.2) is 12.1 Å². The zero-order chi connectivity index (χ0) is 11.4. The third-order valence-electron chi connectivity index (χ3n) is 2.80. The van der Waals surface area contributed by atoms with Crippen LogP contribution in [0.15, 0.2) is 35.8 Å². The summed E-state index contributed by atoms with van der Waals surface area (Å²) in [5, 5.41) is 2.97. The lowest BCUT2D eigenvalue weighted by atomic mass is 9.91. The summed E-state index contributed by atoms with van der Waals surface area (Å²) >= 11 is 1.62. The Morgan fingerprint density at radius 1 is 1.56 bits per heavy atom. The van der Waals surface area contributed by atoms with Gasteiger partial charge in [-0.25, -0.2) is 4.98 Å². The Hall–Kier alpha value is -1.19. The molecule has 0 aliphatic carbocycles. The van der Waals surface area contributed by atoms with Crippen molar-refractivity contribution in [2.45, 2.75) is 18.9 Å². The molecule has 0 saturated heterocycles. The van der Waals surface area contributed by atoms with Gasteiger partial charge in [-0.3, -0.25) is 0 Å². The molecule has 0 amide bonds. The van der Waals surface area contributed by atoms with E-state index in [0.717, 1.165) is 17.0 Å². The highest BCUT2D eigenvalue weighted by molar-refractivity contribution is 7.09. The summed E-state index contributed by atoms with van der Waals surface area (Å²) in [7, 11) is 1.73. The molecule has 1 aromatic heterocycles. The van der Waals surface area contributed by atoms with Crippen LogP contribution in [0.1, 0.15) is 23.9 Å². The first-order valence-electron chi connectivity index (χ1n) is 5.25. The molecule has 1 heterocycles. The van der Waals surface area contributed by atoms with Crippen LogP contribution < -0.4 is 0 Å². The third-order valence-corrected chi connectivity index (χ3v) is 3.71. The molecule has 3 heteroatoms. The molecule has 0 fully saturated rings. The minimum Gasteiger partial charge on any atom is -0.366 e. The fourth-order valence-corrected chi connectivity index (χ4v) is 2.80. The summed E-state index contributed by atoms with van der Waals surface area (Å²) < 4.78 is 5.75. The Labute approximate surface area is 99.9 Å². The highest BCUT2D eigenvalue weighted by Gasteiger charge is 2.34. The van der Waals surface area contributed by atoms with Crippen LogP contribution in [0, 0.1) is 6.07 Å². The Bertz CT molecular complexity index is 420. The molecule has 16 heavy (non-hydrogen) atoms. The van der Waals surface area contributed by atoms with Crippen molar-refractivity contribution < 1.29 is 4.74 Å². The minimum absolute atomic E-state index is 0.425. The van der Waals surface area contributed by atoms with E-state index in [9.17, 15) is 0 Å². The summed E-state index contributed by atoms with van der Waals surface area (Å²) in [6, 6.07) is 11.0. The highest BCUT2D eigenvalue weighted by atomic mass is 32.1. The van der Waals surface area contributed by atoms with Gasteiger partial charge < -0.3 is 4.74 Å². The van der Waals surface area contributed by atoms with E-state index < -0.39 is 5.60 Å². The number of benzene rings is 1. The molecule has 83 valence electrons. The average Bonchev–Trinajstić information content (AvgIpc) is 2.87.